The Morgan fingerprint density at radius 1 is 0.571 bits per heavy atom. The first-order valence-electron chi connectivity index (χ1n) is 19.3. The molecule has 2 aliphatic heterocycles. The number of para-hydroxylation sites is 4. The summed E-state index contributed by atoms with van der Waals surface area (Å²) in [6.07, 6.45) is 0. The molecule has 8 aromatic carbocycles. The second-order valence-corrected chi connectivity index (χ2v) is 15.0. The van der Waals surface area contributed by atoms with Crippen LogP contribution in [0.2, 0.25) is 0 Å². The van der Waals surface area contributed by atoms with Gasteiger partial charge in [-0.25, -0.2) is 0 Å². The molecule has 0 unspecified atom stereocenters. The normalized spacial score (nSPS) is 12.7. The van der Waals surface area contributed by atoms with Gasteiger partial charge in [0.15, 0.2) is 0 Å². The highest BCUT2D eigenvalue weighted by atomic mass is 16.3. The van der Waals surface area contributed by atoms with E-state index in [9.17, 15) is 0 Å². The second-order valence-electron chi connectivity index (χ2n) is 15.0. The van der Waals surface area contributed by atoms with Crippen LogP contribution in [0, 0.1) is 6.92 Å². The number of rotatable bonds is 5. The van der Waals surface area contributed by atoms with Crippen molar-refractivity contribution in [2.75, 3.05) is 9.71 Å². The third-order valence-electron chi connectivity index (χ3n) is 11.8. The maximum atomic E-state index is 6.72. The number of aromatic nitrogens is 1. The fourth-order valence-electron chi connectivity index (χ4n) is 9.39. The van der Waals surface area contributed by atoms with Gasteiger partial charge in [0.25, 0.3) is 0 Å². The minimum atomic E-state index is -0.104. The van der Waals surface area contributed by atoms with Crippen molar-refractivity contribution >= 4 is 79.0 Å². The number of nitrogens with zero attached hydrogens (tertiary/aromatic N) is 3. The molecule has 4 heterocycles. The number of fused-ring (bicyclic) bond motifs is 9. The van der Waals surface area contributed by atoms with E-state index in [-0.39, 0.29) is 6.85 Å². The van der Waals surface area contributed by atoms with Crippen LogP contribution >= 0.6 is 0 Å². The molecule has 0 atom stereocenters. The van der Waals surface area contributed by atoms with Crippen molar-refractivity contribution in [3.8, 4) is 28.1 Å². The fourth-order valence-corrected chi connectivity index (χ4v) is 9.39. The van der Waals surface area contributed by atoms with E-state index in [0.717, 1.165) is 45.0 Å². The standard InChI is InChI=1S/C51H34BN3O/c1-33-25-27-38(28-26-33)55-44-24-14-11-21-39(44)41-31-46(53(36-17-7-3-8-18-36)37-19-9-4-10-20-37)49-40-22-12-13-23-43(40)54-45-32-48-35(29-42(45)52(55)50(41)51(49)54)30-47(56-48)34-15-5-2-6-16-34/h2-32H,1H3. The number of hydrogen-bond donors (Lipinski definition) is 0. The second kappa shape index (κ2) is 11.9. The van der Waals surface area contributed by atoms with Crippen LogP contribution in [-0.2, 0) is 0 Å². The Hall–Kier alpha value is -7.24. The van der Waals surface area contributed by atoms with E-state index in [1.165, 1.54) is 60.8 Å². The summed E-state index contributed by atoms with van der Waals surface area (Å²) in [5.41, 5.74) is 17.5. The first kappa shape index (κ1) is 31.1. The van der Waals surface area contributed by atoms with Gasteiger partial charge in [0.1, 0.15) is 11.3 Å². The van der Waals surface area contributed by atoms with Crippen LogP contribution < -0.4 is 20.6 Å². The van der Waals surface area contributed by atoms with Gasteiger partial charge in [-0.15, -0.1) is 0 Å². The number of benzene rings is 8. The largest absolute Gasteiger partial charge is 0.456 e. The van der Waals surface area contributed by atoms with Crippen LogP contribution in [0.3, 0.4) is 0 Å². The zero-order chi connectivity index (χ0) is 36.9. The highest BCUT2D eigenvalue weighted by Crippen LogP contribution is 2.50. The van der Waals surface area contributed by atoms with Gasteiger partial charge in [0.2, 0.25) is 0 Å². The minimum Gasteiger partial charge on any atom is -0.456 e. The van der Waals surface area contributed by atoms with E-state index in [0.29, 0.717) is 0 Å². The minimum absolute atomic E-state index is 0.104. The van der Waals surface area contributed by atoms with Gasteiger partial charge in [-0.3, -0.25) is 0 Å². The molecule has 0 fully saturated rings. The van der Waals surface area contributed by atoms with E-state index in [4.69, 9.17) is 4.42 Å². The lowest BCUT2D eigenvalue weighted by atomic mass is 9.44. The molecule has 0 amide bonds. The summed E-state index contributed by atoms with van der Waals surface area (Å²) in [7, 11) is 0. The Balaban J connectivity index is 1.26. The maximum absolute atomic E-state index is 6.72. The highest BCUT2D eigenvalue weighted by Gasteiger charge is 2.45. The Morgan fingerprint density at radius 3 is 1.98 bits per heavy atom. The number of anilines is 5. The van der Waals surface area contributed by atoms with Crippen molar-refractivity contribution in [1.82, 2.24) is 4.57 Å². The van der Waals surface area contributed by atoms with Crippen LogP contribution in [0.25, 0.3) is 60.9 Å². The summed E-state index contributed by atoms with van der Waals surface area (Å²) in [6.45, 7) is 2.06. The first-order chi connectivity index (χ1) is 27.7. The lowest BCUT2D eigenvalue weighted by Gasteiger charge is -2.42. The Kier molecular flexibility index (Phi) is 6.61. The van der Waals surface area contributed by atoms with Crippen LogP contribution in [0.5, 0.6) is 0 Å². The molecule has 0 radical (unpaired) electrons. The lowest BCUT2D eigenvalue weighted by molar-refractivity contribution is 0.631. The summed E-state index contributed by atoms with van der Waals surface area (Å²) < 4.78 is 9.25. The van der Waals surface area contributed by atoms with Crippen LogP contribution in [-0.4, -0.2) is 11.4 Å². The van der Waals surface area contributed by atoms with Gasteiger partial charge in [-0.1, -0.05) is 127 Å². The number of hydrogen-bond acceptors (Lipinski definition) is 3. The Labute approximate surface area is 325 Å². The number of aryl methyl sites for hydroxylation is 1. The number of furan rings is 1. The van der Waals surface area contributed by atoms with E-state index in [1.807, 2.05) is 6.07 Å². The molecule has 2 aliphatic rings. The predicted octanol–water partition coefficient (Wildman–Crippen LogP) is 12.2. The Bertz CT molecular complexity index is 3110. The van der Waals surface area contributed by atoms with Gasteiger partial charge >= 0.3 is 6.85 Å². The molecule has 2 aromatic heterocycles. The molecule has 5 heteroatoms. The smallest absolute Gasteiger partial charge is 0.333 e. The molecule has 0 spiro atoms. The van der Waals surface area contributed by atoms with Crippen molar-refractivity contribution in [3.05, 3.63) is 194 Å². The molecule has 12 rings (SSSR count). The molecule has 10 aromatic rings. The van der Waals surface area contributed by atoms with Gasteiger partial charge < -0.3 is 18.7 Å². The van der Waals surface area contributed by atoms with E-state index in [2.05, 4.69) is 203 Å². The third-order valence-corrected chi connectivity index (χ3v) is 11.8. The molecular formula is C51H34BN3O. The summed E-state index contributed by atoms with van der Waals surface area (Å²) in [5, 5.41) is 3.54. The molecule has 0 saturated heterocycles. The zero-order valence-electron chi connectivity index (χ0n) is 30.7. The van der Waals surface area contributed by atoms with Crippen molar-refractivity contribution in [2.45, 2.75) is 6.92 Å². The van der Waals surface area contributed by atoms with E-state index in [1.54, 1.807) is 0 Å². The van der Waals surface area contributed by atoms with Crippen LogP contribution in [0.15, 0.2) is 192 Å². The lowest BCUT2D eigenvalue weighted by Crippen LogP contribution is -2.60. The summed E-state index contributed by atoms with van der Waals surface area (Å²) in [4.78, 5) is 5.01. The monoisotopic (exact) mass is 715 g/mol. The molecule has 56 heavy (non-hydrogen) atoms. The predicted molar refractivity (Wildman–Crippen MR) is 234 cm³/mol. The molecular weight excluding hydrogens is 681 g/mol. The molecule has 262 valence electrons. The van der Waals surface area contributed by atoms with E-state index < -0.39 is 0 Å². The molecule has 4 nitrogen and oxygen atoms in total. The SMILES string of the molecule is Cc1ccc(N2B3c4cc5cc(-c6ccccc6)oc5cc4-n4c5ccccc5c5c(N(c6ccccc6)c6ccccc6)cc(c3c54)-c3ccccc32)cc1. The van der Waals surface area contributed by atoms with Gasteiger partial charge in [0, 0.05) is 61.8 Å². The Morgan fingerprint density at radius 2 is 1.23 bits per heavy atom. The fraction of sp³-hybridized carbons (Fsp3) is 0.0196. The molecule has 0 N–H and O–H groups in total. The van der Waals surface area contributed by atoms with Gasteiger partial charge in [0.05, 0.1) is 16.7 Å². The maximum Gasteiger partial charge on any atom is 0.333 e. The van der Waals surface area contributed by atoms with E-state index >= 15 is 0 Å². The first-order valence-corrected chi connectivity index (χ1v) is 19.3. The molecule has 0 aliphatic carbocycles. The quantitative estimate of drug-likeness (QED) is 0.166. The van der Waals surface area contributed by atoms with Crippen LogP contribution in [0.4, 0.5) is 28.4 Å². The summed E-state index contributed by atoms with van der Waals surface area (Å²) in [5.74, 6) is 0.872. The van der Waals surface area contributed by atoms with Crippen molar-refractivity contribution < 1.29 is 4.42 Å². The van der Waals surface area contributed by atoms with Crippen molar-refractivity contribution in [1.29, 1.82) is 0 Å². The summed E-state index contributed by atoms with van der Waals surface area (Å²) in [6, 6.07) is 68.3. The third kappa shape index (κ3) is 4.43. The average molecular weight is 716 g/mol. The highest BCUT2D eigenvalue weighted by molar-refractivity contribution is 6.94. The van der Waals surface area contributed by atoms with Gasteiger partial charge in [-0.2, -0.15) is 0 Å². The molecule has 0 saturated carbocycles. The summed E-state index contributed by atoms with van der Waals surface area (Å²) >= 11 is 0. The molecule has 0 bridgehead atoms. The topological polar surface area (TPSA) is 24.6 Å². The van der Waals surface area contributed by atoms with Gasteiger partial charge in [-0.05, 0) is 84.1 Å². The van der Waals surface area contributed by atoms with Crippen LogP contribution in [0.1, 0.15) is 5.56 Å². The van der Waals surface area contributed by atoms with Crippen molar-refractivity contribution in [2.24, 2.45) is 0 Å². The average Bonchev–Trinajstić information content (AvgIpc) is 3.84. The zero-order valence-corrected chi connectivity index (χ0v) is 30.7. The van der Waals surface area contributed by atoms with Crippen molar-refractivity contribution in [3.63, 3.8) is 0 Å².